The maximum atomic E-state index is 4.61. The summed E-state index contributed by atoms with van der Waals surface area (Å²) in [5.74, 6) is 0. The zero-order chi connectivity index (χ0) is 11.2. The smallest absolute Gasteiger partial charge is 0.112 e. The van der Waals surface area contributed by atoms with Crippen molar-refractivity contribution in [3.05, 3.63) is 36.0 Å². The van der Waals surface area contributed by atoms with Crippen LogP contribution in [0, 0.1) is 0 Å². The van der Waals surface area contributed by atoms with Crippen LogP contribution in [-0.2, 0) is 6.42 Å². The number of rotatable bonds is 0. The Morgan fingerprint density at radius 1 is 1.06 bits per heavy atom. The van der Waals surface area contributed by atoms with Crippen molar-refractivity contribution in [3.63, 3.8) is 0 Å². The first-order chi connectivity index (χ1) is 8.42. The Morgan fingerprint density at radius 3 is 3.06 bits per heavy atom. The predicted octanol–water partition coefficient (Wildman–Crippen LogP) is 2.15. The van der Waals surface area contributed by atoms with Gasteiger partial charge in [-0.05, 0) is 30.2 Å². The van der Waals surface area contributed by atoms with E-state index in [1.807, 2.05) is 6.07 Å². The average Bonchev–Trinajstić information content (AvgIpc) is 2.85. The van der Waals surface area contributed by atoms with Crippen molar-refractivity contribution in [1.29, 1.82) is 0 Å². The van der Waals surface area contributed by atoms with Crippen molar-refractivity contribution in [2.24, 2.45) is 0 Å². The lowest BCUT2D eigenvalue weighted by Gasteiger charge is -2.06. The minimum Gasteiger partial charge on any atom is -0.384 e. The van der Waals surface area contributed by atoms with Crippen molar-refractivity contribution < 1.29 is 0 Å². The van der Waals surface area contributed by atoms with Crippen LogP contribution in [0.5, 0.6) is 0 Å². The highest BCUT2D eigenvalue weighted by molar-refractivity contribution is 5.99. The van der Waals surface area contributed by atoms with Gasteiger partial charge in [0.1, 0.15) is 5.52 Å². The summed E-state index contributed by atoms with van der Waals surface area (Å²) in [6, 6.07) is 8.20. The SMILES string of the molecule is c1cc2nc3ccc4c(c3cc2nn1)NCC4. The molecular weight excluding hydrogens is 212 g/mol. The molecule has 4 heteroatoms. The van der Waals surface area contributed by atoms with Crippen LogP contribution >= 0.6 is 0 Å². The molecule has 1 aliphatic heterocycles. The quantitative estimate of drug-likeness (QED) is 0.592. The second-order valence-electron chi connectivity index (χ2n) is 4.27. The largest absolute Gasteiger partial charge is 0.384 e. The Bertz CT molecular complexity index is 736. The molecule has 0 aliphatic carbocycles. The standard InChI is InChI=1S/C13H10N4/c1-2-10-9(13-8(1)3-5-14-13)7-12-11(16-10)4-6-15-17-12/h1-2,4,6-7,14H,3,5H2. The Labute approximate surface area is 97.7 Å². The van der Waals surface area contributed by atoms with Crippen LogP contribution in [0.1, 0.15) is 5.56 Å². The van der Waals surface area contributed by atoms with Crippen LogP contribution in [0.25, 0.3) is 21.9 Å². The molecule has 4 nitrogen and oxygen atoms in total. The van der Waals surface area contributed by atoms with Gasteiger partial charge < -0.3 is 5.32 Å². The number of hydrogen-bond acceptors (Lipinski definition) is 4. The number of hydrogen-bond donors (Lipinski definition) is 1. The number of anilines is 1. The van der Waals surface area contributed by atoms with Crippen molar-refractivity contribution in [2.75, 3.05) is 11.9 Å². The van der Waals surface area contributed by atoms with Gasteiger partial charge in [0.2, 0.25) is 0 Å². The third-order valence-corrected chi connectivity index (χ3v) is 3.25. The zero-order valence-electron chi connectivity index (χ0n) is 9.14. The fraction of sp³-hybridized carbons (Fsp3) is 0.154. The molecule has 0 radical (unpaired) electrons. The molecule has 0 spiro atoms. The molecule has 0 saturated carbocycles. The first-order valence-corrected chi connectivity index (χ1v) is 5.70. The molecule has 82 valence electrons. The number of nitrogens with zero attached hydrogens (tertiary/aromatic N) is 3. The van der Waals surface area contributed by atoms with Gasteiger partial charge >= 0.3 is 0 Å². The molecule has 0 bridgehead atoms. The molecule has 0 amide bonds. The van der Waals surface area contributed by atoms with E-state index in [0.717, 1.165) is 34.9 Å². The normalized spacial score (nSPS) is 13.9. The van der Waals surface area contributed by atoms with E-state index in [4.69, 9.17) is 0 Å². The maximum Gasteiger partial charge on any atom is 0.112 e. The Balaban J connectivity index is 2.17. The van der Waals surface area contributed by atoms with Crippen LogP contribution in [0.15, 0.2) is 30.5 Å². The fourth-order valence-corrected chi connectivity index (χ4v) is 2.44. The summed E-state index contributed by atoms with van der Waals surface area (Å²) in [5, 5.41) is 12.6. The number of pyridine rings is 1. The van der Waals surface area contributed by atoms with Gasteiger partial charge in [-0.3, -0.25) is 0 Å². The van der Waals surface area contributed by atoms with Crippen molar-refractivity contribution >= 4 is 27.6 Å². The van der Waals surface area contributed by atoms with E-state index >= 15 is 0 Å². The summed E-state index contributed by atoms with van der Waals surface area (Å²) >= 11 is 0. The second-order valence-corrected chi connectivity index (χ2v) is 4.27. The van der Waals surface area contributed by atoms with Crippen LogP contribution in [-0.4, -0.2) is 21.7 Å². The van der Waals surface area contributed by atoms with Crippen LogP contribution < -0.4 is 5.32 Å². The maximum absolute atomic E-state index is 4.61. The van der Waals surface area contributed by atoms with Crippen molar-refractivity contribution in [2.45, 2.75) is 6.42 Å². The van der Waals surface area contributed by atoms with Gasteiger partial charge in [-0.25, -0.2) is 4.98 Å². The molecule has 2 aromatic heterocycles. The van der Waals surface area contributed by atoms with E-state index < -0.39 is 0 Å². The highest BCUT2D eigenvalue weighted by Gasteiger charge is 2.14. The van der Waals surface area contributed by atoms with E-state index in [2.05, 4.69) is 38.7 Å². The van der Waals surface area contributed by atoms with Gasteiger partial charge in [0.15, 0.2) is 0 Å². The molecule has 0 fully saturated rings. The van der Waals surface area contributed by atoms with Gasteiger partial charge in [-0.1, -0.05) is 6.07 Å². The minimum absolute atomic E-state index is 0.849. The van der Waals surface area contributed by atoms with Gasteiger partial charge in [-0.2, -0.15) is 5.10 Å². The van der Waals surface area contributed by atoms with Gasteiger partial charge in [0.25, 0.3) is 0 Å². The molecule has 1 aromatic carbocycles. The van der Waals surface area contributed by atoms with Crippen LogP contribution in [0.2, 0.25) is 0 Å². The molecule has 1 aliphatic rings. The third-order valence-electron chi connectivity index (χ3n) is 3.25. The molecule has 0 atom stereocenters. The topological polar surface area (TPSA) is 50.7 Å². The number of nitrogens with one attached hydrogen (secondary N) is 1. The summed E-state index contributed by atoms with van der Waals surface area (Å²) in [5.41, 5.74) is 5.33. The third kappa shape index (κ3) is 1.21. The second kappa shape index (κ2) is 3.13. The number of benzene rings is 1. The van der Waals surface area contributed by atoms with Crippen molar-refractivity contribution in [1.82, 2.24) is 15.2 Å². The van der Waals surface area contributed by atoms with E-state index in [1.165, 1.54) is 11.3 Å². The monoisotopic (exact) mass is 222 g/mol. The Kier molecular flexibility index (Phi) is 1.63. The van der Waals surface area contributed by atoms with E-state index in [1.54, 1.807) is 6.20 Å². The molecule has 0 saturated heterocycles. The lowest BCUT2D eigenvalue weighted by atomic mass is 10.1. The summed E-state index contributed by atoms with van der Waals surface area (Å²) in [6.07, 6.45) is 2.76. The highest BCUT2D eigenvalue weighted by atomic mass is 15.1. The Hall–Kier alpha value is -2.23. The number of fused-ring (bicyclic) bond motifs is 4. The summed E-state index contributed by atoms with van der Waals surface area (Å²) < 4.78 is 0. The number of aromatic nitrogens is 3. The molecule has 3 aromatic rings. The predicted molar refractivity (Wildman–Crippen MR) is 67.0 cm³/mol. The summed E-state index contributed by atoms with van der Waals surface area (Å²) in [6.45, 7) is 1.01. The van der Waals surface area contributed by atoms with Crippen molar-refractivity contribution in [3.8, 4) is 0 Å². The van der Waals surface area contributed by atoms with Gasteiger partial charge in [0.05, 0.1) is 17.2 Å². The lowest BCUT2D eigenvalue weighted by molar-refractivity contribution is 1.07. The van der Waals surface area contributed by atoms with Gasteiger partial charge in [0, 0.05) is 17.6 Å². The molecule has 3 heterocycles. The summed E-state index contributed by atoms with van der Waals surface area (Å²) in [4.78, 5) is 4.61. The molecule has 0 unspecified atom stereocenters. The fourth-order valence-electron chi connectivity index (χ4n) is 2.44. The zero-order valence-corrected chi connectivity index (χ0v) is 9.14. The van der Waals surface area contributed by atoms with Crippen LogP contribution in [0.4, 0.5) is 5.69 Å². The molecule has 4 rings (SSSR count). The minimum atomic E-state index is 0.849. The van der Waals surface area contributed by atoms with E-state index in [-0.39, 0.29) is 0 Å². The first kappa shape index (κ1) is 8.87. The van der Waals surface area contributed by atoms with E-state index in [0.29, 0.717) is 0 Å². The van der Waals surface area contributed by atoms with Crippen LogP contribution in [0.3, 0.4) is 0 Å². The molecule has 17 heavy (non-hydrogen) atoms. The highest BCUT2D eigenvalue weighted by Crippen LogP contribution is 2.31. The Morgan fingerprint density at radius 2 is 2.06 bits per heavy atom. The first-order valence-electron chi connectivity index (χ1n) is 5.70. The molecule has 1 N–H and O–H groups in total. The van der Waals surface area contributed by atoms with E-state index in [9.17, 15) is 0 Å². The lowest BCUT2D eigenvalue weighted by Crippen LogP contribution is -1.93. The molecular formula is C13H10N4. The average molecular weight is 222 g/mol. The summed E-state index contributed by atoms with van der Waals surface area (Å²) in [7, 11) is 0. The van der Waals surface area contributed by atoms with Gasteiger partial charge in [-0.15, -0.1) is 5.10 Å².